The van der Waals surface area contributed by atoms with E-state index in [1.54, 1.807) is 56.5 Å². The quantitative estimate of drug-likeness (QED) is 0.474. The van der Waals surface area contributed by atoms with Crippen molar-refractivity contribution in [1.29, 1.82) is 0 Å². The molecule has 0 aliphatic heterocycles. The number of carbonyl (C=O) groups excluding carboxylic acids is 2. The number of methoxy groups -OCH3 is 1. The zero-order chi connectivity index (χ0) is 21.5. The van der Waals surface area contributed by atoms with Crippen LogP contribution in [0.3, 0.4) is 0 Å². The fourth-order valence-corrected chi connectivity index (χ4v) is 2.85. The molecule has 30 heavy (non-hydrogen) atoms. The minimum atomic E-state index is -0.324. The third-order valence-electron chi connectivity index (χ3n) is 4.61. The maximum Gasteiger partial charge on any atom is 0.271 e. The number of benzene rings is 3. The summed E-state index contributed by atoms with van der Waals surface area (Å²) >= 11 is 0. The molecule has 3 aromatic rings. The second-order valence-electron chi connectivity index (χ2n) is 6.72. The highest BCUT2D eigenvalue weighted by Gasteiger charge is 2.09. The first-order valence-corrected chi connectivity index (χ1v) is 9.44. The van der Waals surface area contributed by atoms with Gasteiger partial charge in [0.15, 0.2) is 0 Å². The van der Waals surface area contributed by atoms with Crippen LogP contribution in [-0.4, -0.2) is 24.6 Å². The highest BCUT2D eigenvalue weighted by molar-refractivity contribution is 6.06. The van der Waals surface area contributed by atoms with Gasteiger partial charge in [0.1, 0.15) is 5.75 Å². The number of hydrazone groups is 1. The van der Waals surface area contributed by atoms with Crippen molar-refractivity contribution in [2.24, 2.45) is 5.10 Å². The predicted molar refractivity (Wildman–Crippen MR) is 118 cm³/mol. The van der Waals surface area contributed by atoms with Crippen LogP contribution in [0, 0.1) is 6.92 Å². The van der Waals surface area contributed by atoms with Crippen LogP contribution >= 0.6 is 0 Å². The van der Waals surface area contributed by atoms with Crippen molar-refractivity contribution in [3.05, 3.63) is 95.1 Å². The molecule has 0 aliphatic carbocycles. The Hall–Kier alpha value is -3.93. The Balaban J connectivity index is 1.64. The topological polar surface area (TPSA) is 79.8 Å². The van der Waals surface area contributed by atoms with Gasteiger partial charge in [-0.05, 0) is 61.4 Å². The molecule has 0 fully saturated rings. The van der Waals surface area contributed by atoms with Gasteiger partial charge in [-0.25, -0.2) is 5.43 Å². The van der Waals surface area contributed by atoms with Crippen LogP contribution in [0.1, 0.15) is 38.8 Å². The average Bonchev–Trinajstić information content (AvgIpc) is 2.78. The monoisotopic (exact) mass is 401 g/mol. The van der Waals surface area contributed by atoms with Crippen molar-refractivity contribution in [1.82, 2.24) is 5.43 Å². The predicted octanol–water partition coefficient (Wildman–Crippen LogP) is 4.41. The van der Waals surface area contributed by atoms with Crippen molar-refractivity contribution in [3.8, 4) is 5.75 Å². The van der Waals surface area contributed by atoms with Gasteiger partial charge in [0.25, 0.3) is 11.8 Å². The third-order valence-corrected chi connectivity index (χ3v) is 4.61. The number of hydrogen-bond acceptors (Lipinski definition) is 4. The van der Waals surface area contributed by atoms with Crippen molar-refractivity contribution in [3.63, 3.8) is 0 Å². The number of amides is 2. The van der Waals surface area contributed by atoms with Gasteiger partial charge in [-0.1, -0.05) is 36.4 Å². The minimum absolute atomic E-state index is 0.156. The highest BCUT2D eigenvalue weighted by atomic mass is 16.5. The number of nitrogens with zero attached hydrogens (tertiary/aromatic N) is 1. The fourth-order valence-electron chi connectivity index (χ4n) is 2.85. The van der Waals surface area contributed by atoms with E-state index in [-0.39, 0.29) is 11.8 Å². The summed E-state index contributed by atoms with van der Waals surface area (Å²) in [6, 6.07) is 21.6. The molecule has 0 atom stereocenters. The number of hydrogen-bond donors (Lipinski definition) is 2. The van der Waals surface area contributed by atoms with E-state index >= 15 is 0 Å². The van der Waals surface area contributed by atoms with Crippen molar-refractivity contribution >= 4 is 23.2 Å². The van der Waals surface area contributed by atoms with E-state index in [0.29, 0.717) is 28.3 Å². The molecule has 6 heteroatoms. The number of aryl methyl sites for hydroxylation is 1. The lowest BCUT2D eigenvalue weighted by Crippen LogP contribution is -2.19. The number of ether oxygens (including phenoxy) is 1. The molecule has 152 valence electrons. The summed E-state index contributed by atoms with van der Waals surface area (Å²) in [6.45, 7) is 3.70. The van der Waals surface area contributed by atoms with Gasteiger partial charge in [0.05, 0.1) is 12.8 Å². The Morgan fingerprint density at radius 3 is 2.30 bits per heavy atom. The summed E-state index contributed by atoms with van der Waals surface area (Å²) in [5.41, 5.74) is 6.71. The van der Waals surface area contributed by atoms with Crippen LogP contribution in [0.15, 0.2) is 77.9 Å². The molecule has 0 bridgehead atoms. The second kappa shape index (κ2) is 9.52. The summed E-state index contributed by atoms with van der Waals surface area (Å²) in [7, 11) is 1.55. The van der Waals surface area contributed by atoms with Gasteiger partial charge >= 0.3 is 0 Å². The standard InChI is InChI=1S/C24H23N3O3/c1-16-7-4-5-10-22(16)24(29)25-20-13-11-18(12-14-20)17(2)26-27-23(28)19-8-6-9-21(15-19)30-3/h4-15H,1-3H3,(H,25,29)(H,27,28). The molecule has 0 saturated carbocycles. The van der Waals surface area contributed by atoms with Crippen molar-refractivity contribution in [2.45, 2.75) is 13.8 Å². The number of rotatable bonds is 6. The largest absolute Gasteiger partial charge is 0.497 e. The molecule has 0 saturated heterocycles. The van der Waals surface area contributed by atoms with Crippen LogP contribution in [0.2, 0.25) is 0 Å². The number of nitrogens with one attached hydrogen (secondary N) is 2. The van der Waals surface area contributed by atoms with Crippen LogP contribution in [0.4, 0.5) is 5.69 Å². The fraction of sp³-hybridized carbons (Fsp3) is 0.125. The molecule has 0 radical (unpaired) electrons. The van der Waals surface area contributed by atoms with Crippen molar-refractivity contribution < 1.29 is 14.3 Å². The smallest absolute Gasteiger partial charge is 0.271 e. The summed E-state index contributed by atoms with van der Waals surface area (Å²) in [5, 5.41) is 7.05. The van der Waals surface area contributed by atoms with Crippen LogP contribution in [0.25, 0.3) is 0 Å². The van der Waals surface area contributed by atoms with Crippen LogP contribution in [-0.2, 0) is 0 Å². The lowest BCUT2D eigenvalue weighted by molar-refractivity contribution is 0.0953. The summed E-state index contributed by atoms with van der Waals surface area (Å²) in [5.74, 6) is 0.124. The minimum Gasteiger partial charge on any atom is -0.497 e. The van der Waals surface area contributed by atoms with Gasteiger partial charge in [-0.15, -0.1) is 0 Å². The first kappa shape index (κ1) is 20.8. The van der Waals surface area contributed by atoms with E-state index in [0.717, 1.165) is 11.1 Å². The maximum atomic E-state index is 12.4. The molecule has 0 spiro atoms. The van der Waals surface area contributed by atoms with E-state index in [1.807, 2.05) is 37.3 Å². The molecule has 3 rings (SSSR count). The van der Waals surface area contributed by atoms with Gasteiger partial charge in [-0.2, -0.15) is 5.10 Å². The van der Waals surface area contributed by atoms with Crippen LogP contribution in [0.5, 0.6) is 5.75 Å². The van der Waals surface area contributed by atoms with E-state index in [9.17, 15) is 9.59 Å². The molecule has 0 heterocycles. The van der Waals surface area contributed by atoms with Gasteiger partial charge in [-0.3, -0.25) is 9.59 Å². The Bertz CT molecular complexity index is 1090. The summed E-state index contributed by atoms with van der Waals surface area (Å²) in [4.78, 5) is 24.7. The van der Waals surface area contributed by atoms with Gasteiger partial charge in [0.2, 0.25) is 0 Å². The zero-order valence-electron chi connectivity index (χ0n) is 17.1. The first-order chi connectivity index (χ1) is 14.5. The molecule has 0 aliphatic rings. The van der Waals surface area contributed by atoms with Gasteiger partial charge < -0.3 is 10.1 Å². The van der Waals surface area contributed by atoms with Crippen LogP contribution < -0.4 is 15.5 Å². The van der Waals surface area contributed by atoms with E-state index in [2.05, 4.69) is 15.8 Å². The molecular weight excluding hydrogens is 378 g/mol. The lowest BCUT2D eigenvalue weighted by Gasteiger charge is -2.09. The highest BCUT2D eigenvalue weighted by Crippen LogP contribution is 2.15. The number of carbonyl (C=O) groups is 2. The van der Waals surface area contributed by atoms with E-state index < -0.39 is 0 Å². The summed E-state index contributed by atoms with van der Waals surface area (Å²) in [6.07, 6.45) is 0. The lowest BCUT2D eigenvalue weighted by atomic mass is 10.1. The molecule has 0 aromatic heterocycles. The maximum absolute atomic E-state index is 12.4. The zero-order valence-corrected chi connectivity index (χ0v) is 17.1. The third kappa shape index (κ3) is 5.11. The normalized spacial score (nSPS) is 11.0. The first-order valence-electron chi connectivity index (χ1n) is 9.44. The second-order valence-corrected chi connectivity index (χ2v) is 6.72. The Kier molecular flexibility index (Phi) is 6.60. The molecule has 6 nitrogen and oxygen atoms in total. The molecular formula is C24H23N3O3. The molecule has 2 amide bonds. The molecule has 2 N–H and O–H groups in total. The SMILES string of the molecule is COc1cccc(C(=O)NN=C(C)c2ccc(NC(=O)c3ccccc3C)cc2)c1. The van der Waals surface area contributed by atoms with Crippen molar-refractivity contribution in [2.75, 3.05) is 12.4 Å². The summed E-state index contributed by atoms with van der Waals surface area (Å²) < 4.78 is 5.13. The molecule has 3 aromatic carbocycles. The average molecular weight is 401 g/mol. The van der Waals surface area contributed by atoms with E-state index in [1.165, 1.54) is 0 Å². The molecule has 0 unspecified atom stereocenters. The Labute approximate surface area is 175 Å². The Morgan fingerprint density at radius 1 is 0.867 bits per heavy atom. The number of anilines is 1. The van der Waals surface area contributed by atoms with Gasteiger partial charge in [0, 0.05) is 16.8 Å². The Morgan fingerprint density at radius 2 is 1.60 bits per heavy atom. The van der Waals surface area contributed by atoms with E-state index in [4.69, 9.17) is 4.74 Å².